The third-order valence-corrected chi connectivity index (χ3v) is 8.21. The van der Waals surface area contributed by atoms with Crippen LogP contribution >= 0.6 is 23.2 Å². The molecule has 0 aliphatic rings. The molecule has 0 N–H and O–H groups in total. The summed E-state index contributed by atoms with van der Waals surface area (Å²) in [5.74, 6) is -0.640. The molecule has 0 saturated carbocycles. The molecule has 3 rings (SSSR count). The van der Waals surface area contributed by atoms with Gasteiger partial charge in [-0.15, -0.1) is 0 Å². The zero-order chi connectivity index (χ0) is 28.7. The highest BCUT2D eigenvalue weighted by Gasteiger charge is 2.29. The zero-order valence-electron chi connectivity index (χ0n) is 21.1. The number of sulfonamides is 1. The summed E-state index contributed by atoms with van der Waals surface area (Å²) in [6, 6.07) is 15.3. The molecule has 39 heavy (non-hydrogen) atoms. The Bertz CT molecular complexity index is 1500. The van der Waals surface area contributed by atoms with E-state index < -0.39 is 22.1 Å². The number of methoxy groups -OCH3 is 2. The Morgan fingerprint density at radius 1 is 0.923 bits per heavy atom. The van der Waals surface area contributed by atoms with E-state index in [4.69, 9.17) is 32.7 Å². The Balaban J connectivity index is 2.10. The van der Waals surface area contributed by atoms with Crippen molar-refractivity contribution in [2.24, 2.45) is 0 Å². The molecule has 3 aromatic rings. The first kappa shape index (κ1) is 29.9. The van der Waals surface area contributed by atoms with E-state index in [2.05, 4.69) is 4.74 Å². The van der Waals surface area contributed by atoms with Crippen molar-refractivity contribution < 1.29 is 37.0 Å². The molecule has 0 aromatic heterocycles. The molecule has 0 spiro atoms. The van der Waals surface area contributed by atoms with Crippen LogP contribution in [0.25, 0.3) is 0 Å². The minimum Gasteiger partial charge on any atom is -0.495 e. The van der Waals surface area contributed by atoms with E-state index in [1.54, 1.807) is 30.3 Å². The molecule has 0 atom stereocenters. The number of nitrogens with zero attached hydrogens (tertiary/aromatic N) is 2. The molecule has 0 unspecified atom stereocenters. The average Bonchev–Trinajstić information content (AvgIpc) is 2.93. The fraction of sp³-hybridized carbons (Fsp3) is 0.192. The third kappa shape index (κ3) is 6.87. The lowest BCUT2D eigenvalue weighted by Crippen LogP contribution is -2.31. The molecule has 1 amide bonds. The number of carbonyl (C=O) groups is 3. The highest BCUT2D eigenvalue weighted by molar-refractivity contribution is 7.89. The van der Waals surface area contributed by atoms with Crippen molar-refractivity contribution >= 4 is 57.4 Å². The number of benzene rings is 3. The lowest BCUT2D eigenvalue weighted by molar-refractivity contribution is -0.123. The SMILES string of the molecule is COC(=O)c1cc(CN(Cc2ccc(Cl)c(Cl)c2)S(=O)(=O)c2ccccc2OC)ccc1N(C)C(=O)OC=O. The van der Waals surface area contributed by atoms with Crippen LogP contribution in [0.1, 0.15) is 21.5 Å². The Hall–Kier alpha value is -3.64. The van der Waals surface area contributed by atoms with Crippen LogP contribution in [0.15, 0.2) is 65.6 Å². The second kappa shape index (κ2) is 12.9. The third-order valence-electron chi connectivity index (χ3n) is 5.64. The second-order valence-corrected chi connectivity index (χ2v) is 10.8. The van der Waals surface area contributed by atoms with E-state index in [0.29, 0.717) is 16.1 Å². The topological polar surface area (TPSA) is 120 Å². The molecule has 10 nitrogen and oxygen atoms in total. The van der Waals surface area contributed by atoms with Crippen molar-refractivity contribution in [2.75, 3.05) is 26.2 Å². The van der Waals surface area contributed by atoms with E-state index in [1.165, 1.54) is 48.8 Å². The van der Waals surface area contributed by atoms with Crippen LogP contribution < -0.4 is 9.64 Å². The van der Waals surface area contributed by atoms with Gasteiger partial charge in [0.15, 0.2) is 0 Å². The Kier molecular flexibility index (Phi) is 9.92. The van der Waals surface area contributed by atoms with E-state index in [9.17, 15) is 22.8 Å². The van der Waals surface area contributed by atoms with Crippen LogP contribution in [0.3, 0.4) is 0 Å². The molecule has 0 radical (unpaired) electrons. The van der Waals surface area contributed by atoms with Crippen molar-refractivity contribution in [1.82, 2.24) is 4.31 Å². The lowest BCUT2D eigenvalue weighted by atomic mass is 10.1. The molecule has 206 valence electrons. The van der Waals surface area contributed by atoms with E-state index in [-0.39, 0.29) is 46.5 Å². The number of carbonyl (C=O) groups excluding carboxylic acids is 3. The van der Waals surface area contributed by atoms with E-state index in [0.717, 1.165) is 12.0 Å². The van der Waals surface area contributed by atoms with Crippen LogP contribution in [0.4, 0.5) is 10.5 Å². The quantitative estimate of drug-likeness (QED) is 0.184. The number of esters is 1. The predicted molar refractivity (Wildman–Crippen MR) is 145 cm³/mol. The summed E-state index contributed by atoms with van der Waals surface area (Å²) in [5.41, 5.74) is 0.990. The minimum atomic E-state index is -4.16. The molecule has 0 bridgehead atoms. The molecular weight excluding hydrogens is 571 g/mol. The van der Waals surface area contributed by atoms with Gasteiger partial charge in [0.05, 0.1) is 35.5 Å². The molecule has 0 aliphatic carbocycles. The number of para-hydroxylation sites is 1. The van der Waals surface area contributed by atoms with Crippen LogP contribution in [-0.2, 0) is 37.4 Å². The Labute approximate surface area is 235 Å². The number of anilines is 1. The largest absolute Gasteiger partial charge is 0.495 e. The summed E-state index contributed by atoms with van der Waals surface area (Å²) in [4.78, 5) is 36.1. The van der Waals surface area contributed by atoms with Crippen LogP contribution in [-0.4, -0.2) is 52.5 Å². The first-order chi connectivity index (χ1) is 18.5. The first-order valence-electron chi connectivity index (χ1n) is 11.2. The number of hydrogen-bond donors (Lipinski definition) is 0. The van der Waals surface area contributed by atoms with Crippen LogP contribution in [0, 0.1) is 0 Å². The van der Waals surface area contributed by atoms with Gasteiger partial charge in [-0.3, -0.25) is 9.69 Å². The number of hydrogen-bond acceptors (Lipinski definition) is 8. The molecule has 13 heteroatoms. The van der Waals surface area contributed by atoms with Gasteiger partial charge in [0.25, 0.3) is 0 Å². The number of halogens is 2. The van der Waals surface area contributed by atoms with Crippen LogP contribution in [0.5, 0.6) is 5.75 Å². The van der Waals surface area contributed by atoms with Gasteiger partial charge in [-0.25, -0.2) is 18.0 Å². The van der Waals surface area contributed by atoms with Crippen molar-refractivity contribution in [1.29, 1.82) is 0 Å². The highest BCUT2D eigenvalue weighted by Crippen LogP contribution is 2.31. The zero-order valence-corrected chi connectivity index (χ0v) is 23.4. The molecule has 3 aromatic carbocycles. The van der Waals surface area contributed by atoms with Crippen molar-refractivity contribution in [3.63, 3.8) is 0 Å². The molecule has 0 saturated heterocycles. The van der Waals surface area contributed by atoms with Crippen molar-refractivity contribution in [3.05, 3.63) is 87.4 Å². The average molecular weight is 595 g/mol. The highest BCUT2D eigenvalue weighted by atomic mass is 35.5. The van der Waals surface area contributed by atoms with Crippen molar-refractivity contribution in [2.45, 2.75) is 18.0 Å². The standard InChI is InChI=1S/C26H24Cl2N2O8S/c1-29(26(33)38-16-31)22-11-9-17(12-19(22)25(32)37-3)14-30(15-18-8-10-20(27)21(28)13-18)39(34,35)24-7-5-4-6-23(24)36-2/h4-13,16H,14-15H2,1-3H3. The summed E-state index contributed by atoms with van der Waals surface area (Å²) in [5, 5.41) is 0.571. The summed E-state index contributed by atoms with van der Waals surface area (Å²) < 4.78 is 43.4. The van der Waals surface area contributed by atoms with Gasteiger partial charge < -0.3 is 14.2 Å². The maximum absolute atomic E-state index is 13.9. The van der Waals surface area contributed by atoms with Crippen molar-refractivity contribution in [3.8, 4) is 5.75 Å². The number of rotatable bonds is 10. The summed E-state index contributed by atoms with van der Waals surface area (Å²) in [6.45, 7) is -0.319. The number of ether oxygens (including phenoxy) is 3. The molecular formula is C26H24Cl2N2O8S. The Morgan fingerprint density at radius 2 is 1.56 bits per heavy atom. The molecule has 0 fully saturated rings. The monoisotopic (exact) mass is 594 g/mol. The van der Waals surface area contributed by atoms with Gasteiger partial charge in [0.1, 0.15) is 10.6 Å². The summed E-state index contributed by atoms with van der Waals surface area (Å²) in [7, 11) is -0.331. The smallest absolute Gasteiger partial charge is 0.421 e. The predicted octanol–water partition coefficient (Wildman–Crippen LogP) is 4.91. The summed E-state index contributed by atoms with van der Waals surface area (Å²) in [6.07, 6.45) is -1.03. The molecule has 0 heterocycles. The minimum absolute atomic E-state index is 0.0331. The Morgan fingerprint density at radius 3 is 2.18 bits per heavy atom. The fourth-order valence-electron chi connectivity index (χ4n) is 3.71. The molecule has 0 aliphatic heterocycles. The maximum Gasteiger partial charge on any atom is 0.421 e. The fourth-order valence-corrected chi connectivity index (χ4v) is 5.60. The summed E-state index contributed by atoms with van der Waals surface area (Å²) >= 11 is 12.2. The van der Waals surface area contributed by atoms with Gasteiger partial charge in [0, 0.05) is 20.1 Å². The van der Waals surface area contributed by atoms with Gasteiger partial charge in [-0.1, -0.05) is 47.5 Å². The van der Waals surface area contributed by atoms with E-state index in [1.807, 2.05) is 0 Å². The van der Waals surface area contributed by atoms with Gasteiger partial charge in [-0.2, -0.15) is 4.31 Å². The van der Waals surface area contributed by atoms with Gasteiger partial charge >= 0.3 is 18.5 Å². The maximum atomic E-state index is 13.9. The second-order valence-electron chi connectivity index (χ2n) is 8.05. The number of amides is 1. The van der Waals surface area contributed by atoms with Gasteiger partial charge in [0.2, 0.25) is 10.0 Å². The van der Waals surface area contributed by atoms with Gasteiger partial charge in [-0.05, 0) is 47.5 Å². The van der Waals surface area contributed by atoms with E-state index >= 15 is 0 Å². The first-order valence-corrected chi connectivity index (χ1v) is 13.4. The van der Waals surface area contributed by atoms with Crippen LogP contribution in [0.2, 0.25) is 10.0 Å². The normalized spacial score (nSPS) is 11.1. The lowest BCUT2D eigenvalue weighted by Gasteiger charge is -2.25.